The lowest BCUT2D eigenvalue weighted by Gasteiger charge is -1.98. The van der Waals surface area contributed by atoms with E-state index in [1.165, 1.54) is 23.7 Å². The van der Waals surface area contributed by atoms with Crippen LogP contribution < -0.4 is 5.54 Å². The van der Waals surface area contributed by atoms with Crippen LogP contribution >= 0.6 is 15.9 Å². The summed E-state index contributed by atoms with van der Waals surface area (Å²) in [6, 6.07) is 4.08. The fourth-order valence-electron chi connectivity index (χ4n) is 0.577. The highest BCUT2D eigenvalue weighted by Crippen LogP contribution is 2.24. The fraction of sp³-hybridized carbons (Fsp3) is 0. The summed E-state index contributed by atoms with van der Waals surface area (Å²) in [5.41, 5.74) is 1.45. The number of hydrogen-bond donors (Lipinski definition) is 1. The maximum absolute atomic E-state index is 12.5. The van der Waals surface area contributed by atoms with Gasteiger partial charge < -0.3 is 0 Å². The first-order valence-corrected chi connectivity index (χ1v) is 3.35. The zero-order valence-corrected chi connectivity index (χ0v) is 6.45. The number of benzene rings is 1. The molecule has 0 atom stereocenters. The fourth-order valence-corrected chi connectivity index (χ4v) is 0.916. The minimum Gasteiger partial charge on any atom is -0.223 e. The molecular formula is C6H4BrF2N. The topological polar surface area (TPSA) is 12.0 Å². The first kappa shape index (κ1) is 7.47. The normalized spacial score (nSPS) is 9.50. The van der Waals surface area contributed by atoms with Crippen LogP contribution in [-0.2, 0) is 0 Å². The molecule has 54 valence electrons. The zero-order valence-electron chi connectivity index (χ0n) is 4.87. The van der Waals surface area contributed by atoms with Crippen molar-refractivity contribution in [2.24, 2.45) is 0 Å². The number of halogens is 3. The van der Waals surface area contributed by atoms with Gasteiger partial charge in [-0.25, -0.2) is 9.93 Å². The van der Waals surface area contributed by atoms with Crippen molar-refractivity contribution in [1.82, 2.24) is 0 Å². The van der Waals surface area contributed by atoms with Gasteiger partial charge in [-0.2, -0.15) is 0 Å². The molecule has 1 aromatic rings. The summed E-state index contributed by atoms with van der Waals surface area (Å²) in [7, 11) is 0. The SMILES string of the molecule is FNc1cccc(F)c1Br. The third-order valence-corrected chi connectivity index (χ3v) is 1.86. The van der Waals surface area contributed by atoms with E-state index < -0.39 is 5.82 Å². The van der Waals surface area contributed by atoms with Crippen molar-refractivity contribution in [3.05, 3.63) is 28.5 Å². The van der Waals surface area contributed by atoms with Gasteiger partial charge in [0.15, 0.2) is 0 Å². The Morgan fingerprint density at radius 1 is 1.40 bits per heavy atom. The van der Waals surface area contributed by atoms with Crippen molar-refractivity contribution >= 4 is 21.6 Å². The van der Waals surface area contributed by atoms with Gasteiger partial charge in [0.05, 0.1) is 10.2 Å². The average Bonchev–Trinajstić information content (AvgIpc) is 1.95. The van der Waals surface area contributed by atoms with Crippen LogP contribution in [0.3, 0.4) is 0 Å². The molecule has 0 aliphatic heterocycles. The van der Waals surface area contributed by atoms with Crippen molar-refractivity contribution < 1.29 is 8.87 Å². The molecule has 4 heteroatoms. The Morgan fingerprint density at radius 3 is 2.60 bits per heavy atom. The van der Waals surface area contributed by atoms with E-state index in [2.05, 4.69) is 15.9 Å². The van der Waals surface area contributed by atoms with Gasteiger partial charge in [-0.15, -0.1) is 4.48 Å². The molecule has 0 amide bonds. The van der Waals surface area contributed by atoms with Gasteiger partial charge in [0, 0.05) is 0 Å². The second-order valence-corrected chi connectivity index (χ2v) is 2.49. The standard InChI is InChI=1S/C6H4BrF2N/c7-6-4(8)2-1-3-5(6)10-9/h1-3,10H. The van der Waals surface area contributed by atoms with Gasteiger partial charge in [-0.3, -0.25) is 0 Å². The van der Waals surface area contributed by atoms with Crippen LogP contribution in [0.25, 0.3) is 0 Å². The third kappa shape index (κ3) is 1.26. The molecule has 10 heavy (non-hydrogen) atoms. The minimum atomic E-state index is -0.484. The monoisotopic (exact) mass is 207 g/mol. The van der Waals surface area contributed by atoms with E-state index in [4.69, 9.17) is 0 Å². The van der Waals surface area contributed by atoms with E-state index >= 15 is 0 Å². The number of rotatable bonds is 1. The Morgan fingerprint density at radius 2 is 2.10 bits per heavy atom. The Hall–Kier alpha value is -0.640. The molecule has 0 unspecified atom stereocenters. The second-order valence-electron chi connectivity index (χ2n) is 1.70. The molecule has 0 radical (unpaired) electrons. The Bertz CT molecular complexity index is 239. The summed E-state index contributed by atoms with van der Waals surface area (Å²) in [4.78, 5) is 0. The van der Waals surface area contributed by atoms with E-state index in [1.807, 2.05) is 0 Å². The van der Waals surface area contributed by atoms with Crippen molar-refractivity contribution in [2.75, 3.05) is 5.54 Å². The van der Waals surface area contributed by atoms with Crippen molar-refractivity contribution in [2.45, 2.75) is 0 Å². The highest BCUT2D eigenvalue weighted by atomic mass is 79.9. The van der Waals surface area contributed by atoms with Crippen molar-refractivity contribution in [3.8, 4) is 0 Å². The predicted octanol–water partition coefficient (Wildman–Crippen LogP) is 2.88. The molecule has 0 spiro atoms. The van der Waals surface area contributed by atoms with Gasteiger partial charge in [-0.1, -0.05) is 6.07 Å². The lowest BCUT2D eigenvalue weighted by molar-refractivity contribution is 0.600. The summed E-state index contributed by atoms with van der Waals surface area (Å²) in [6.45, 7) is 0. The Balaban J connectivity index is 3.14. The molecular weight excluding hydrogens is 204 g/mol. The minimum absolute atomic E-state index is 0.0972. The molecule has 0 bridgehead atoms. The van der Waals surface area contributed by atoms with E-state index in [1.54, 1.807) is 0 Å². The van der Waals surface area contributed by atoms with Gasteiger partial charge in [-0.05, 0) is 28.1 Å². The van der Waals surface area contributed by atoms with Crippen LogP contribution in [0.4, 0.5) is 14.6 Å². The molecule has 1 N–H and O–H groups in total. The molecule has 0 aromatic heterocycles. The zero-order chi connectivity index (χ0) is 7.56. The van der Waals surface area contributed by atoms with Crippen LogP contribution in [0.1, 0.15) is 0 Å². The second kappa shape index (κ2) is 2.96. The Labute approximate surface area is 65.1 Å². The van der Waals surface area contributed by atoms with Crippen LogP contribution in [0.15, 0.2) is 22.7 Å². The van der Waals surface area contributed by atoms with Crippen LogP contribution in [0.2, 0.25) is 0 Å². The number of hydrogen-bond acceptors (Lipinski definition) is 1. The Kier molecular flexibility index (Phi) is 2.21. The molecule has 0 heterocycles. The maximum Gasteiger partial charge on any atom is 0.139 e. The molecule has 1 aromatic carbocycles. The van der Waals surface area contributed by atoms with E-state index in [0.717, 1.165) is 0 Å². The van der Waals surface area contributed by atoms with Crippen molar-refractivity contribution in [3.63, 3.8) is 0 Å². The van der Waals surface area contributed by atoms with E-state index in [9.17, 15) is 8.87 Å². The summed E-state index contributed by atoms with van der Waals surface area (Å²) in [5, 5.41) is 0. The smallest absolute Gasteiger partial charge is 0.139 e. The summed E-state index contributed by atoms with van der Waals surface area (Å²) in [6.07, 6.45) is 0. The average molecular weight is 208 g/mol. The largest absolute Gasteiger partial charge is 0.223 e. The molecule has 1 rings (SSSR count). The van der Waals surface area contributed by atoms with Gasteiger partial charge in [0.1, 0.15) is 5.82 Å². The molecule has 0 aliphatic rings. The highest BCUT2D eigenvalue weighted by molar-refractivity contribution is 9.10. The van der Waals surface area contributed by atoms with Gasteiger partial charge in [0.2, 0.25) is 0 Å². The van der Waals surface area contributed by atoms with Crippen LogP contribution in [0.5, 0.6) is 0 Å². The lowest BCUT2D eigenvalue weighted by Crippen LogP contribution is -1.85. The van der Waals surface area contributed by atoms with E-state index in [0.29, 0.717) is 0 Å². The van der Waals surface area contributed by atoms with Gasteiger partial charge in [0.25, 0.3) is 0 Å². The number of nitrogens with one attached hydrogen (secondary N) is 1. The van der Waals surface area contributed by atoms with Crippen LogP contribution in [0, 0.1) is 5.82 Å². The summed E-state index contributed by atoms with van der Waals surface area (Å²) in [5.74, 6) is -0.484. The molecule has 0 saturated carbocycles. The van der Waals surface area contributed by atoms with Crippen molar-refractivity contribution in [1.29, 1.82) is 0 Å². The van der Waals surface area contributed by atoms with Gasteiger partial charge >= 0.3 is 0 Å². The molecule has 1 nitrogen and oxygen atoms in total. The molecule has 0 fully saturated rings. The lowest BCUT2D eigenvalue weighted by atomic mass is 10.3. The number of anilines is 1. The molecule has 0 aliphatic carbocycles. The van der Waals surface area contributed by atoms with Crippen LogP contribution in [-0.4, -0.2) is 0 Å². The molecule has 0 saturated heterocycles. The summed E-state index contributed by atoms with van der Waals surface area (Å²) >= 11 is 2.86. The third-order valence-electron chi connectivity index (χ3n) is 1.05. The summed E-state index contributed by atoms with van der Waals surface area (Å²) < 4.78 is 24.3. The van der Waals surface area contributed by atoms with E-state index in [-0.39, 0.29) is 10.2 Å². The predicted molar refractivity (Wildman–Crippen MR) is 38.8 cm³/mol. The quantitative estimate of drug-likeness (QED) is 0.699. The maximum atomic E-state index is 12.5. The highest BCUT2D eigenvalue weighted by Gasteiger charge is 2.02. The first-order chi connectivity index (χ1) is 4.75. The first-order valence-electron chi connectivity index (χ1n) is 2.56.